The molecule has 0 bridgehead atoms. The minimum Gasteiger partial charge on any atom is -0.481 e. The number of amides is 3. The van der Waals surface area contributed by atoms with Gasteiger partial charge in [-0.1, -0.05) is 18.1 Å². The van der Waals surface area contributed by atoms with Crippen LogP contribution in [0.3, 0.4) is 0 Å². The molecule has 102 valence electrons. The Hall–Kier alpha value is -2.74. The fourth-order valence-corrected chi connectivity index (χ4v) is 1.81. The molecule has 0 radical (unpaired) electrons. The van der Waals surface area contributed by atoms with Crippen LogP contribution in [0.15, 0.2) is 30.0 Å². The van der Waals surface area contributed by atoms with E-state index in [9.17, 15) is 9.59 Å². The maximum Gasteiger partial charge on any atom is 0.328 e. The van der Waals surface area contributed by atoms with Crippen molar-refractivity contribution in [3.05, 3.63) is 35.5 Å². The molecular formula is C15H14N2O3. The van der Waals surface area contributed by atoms with Crippen LogP contribution in [0.4, 0.5) is 4.79 Å². The normalized spacial score (nSPS) is 16.2. The molecule has 1 saturated heterocycles. The monoisotopic (exact) mass is 270 g/mol. The van der Waals surface area contributed by atoms with Crippen molar-refractivity contribution in [1.29, 1.82) is 0 Å². The molecule has 2 rings (SSSR count). The van der Waals surface area contributed by atoms with E-state index in [-0.39, 0.29) is 18.2 Å². The second-order valence-corrected chi connectivity index (χ2v) is 4.10. The van der Waals surface area contributed by atoms with Crippen molar-refractivity contribution in [1.82, 2.24) is 10.2 Å². The van der Waals surface area contributed by atoms with Crippen molar-refractivity contribution >= 4 is 18.0 Å². The van der Waals surface area contributed by atoms with Crippen LogP contribution in [-0.4, -0.2) is 30.0 Å². The zero-order chi connectivity index (χ0) is 14.5. The number of ether oxygens (including phenoxy) is 1. The predicted molar refractivity (Wildman–Crippen MR) is 74.7 cm³/mol. The summed E-state index contributed by atoms with van der Waals surface area (Å²) in [6.07, 6.45) is 6.73. The summed E-state index contributed by atoms with van der Waals surface area (Å²) in [4.78, 5) is 24.5. The maximum atomic E-state index is 11.9. The van der Waals surface area contributed by atoms with Crippen molar-refractivity contribution in [3.8, 4) is 18.1 Å². The van der Waals surface area contributed by atoms with Gasteiger partial charge < -0.3 is 10.1 Å². The third kappa shape index (κ3) is 2.81. The van der Waals surface area contributed by atoms with E-state index in [4.69, 9.17) is 11.2 Å². The van der Waals surface area contributed by atoms with Gasteiger partial charge >= 0.3 is 6.03 Å². The van der Waals surface area contributed by atoms with Gasteiger partial charge in [0, 0.05) is 6.54 Å². The van der Waals surface area contributed by atoms with E-state index >= 15 is 0 Å². The first-order valence-corrected chi connectivity index (χ1v) is 6.16. The highest BCUT2D eigenvalue weighted by molar-refractivity contribution is 6.13. The molecule has 1 aromatic carbocycles. The molecule has 5 heteroatoms. The minimum atomic E-state index is -0.391. The van der Waals surface area contributed by atoms with Crippen LogP contribution in [0.25, 0.3) is 6.08 Å². The molecule has 1 fully saturated rings. The highest BCUT2D eigenvalue weighted by Crippen LogP contribution is 2.17. The van der Waals surface area contributed by atoms with Gasteiger partial charge in [0.1, 0.15) is 18.1 Å². The molecule has 3 amide bonds. The van der Waals surface area contributed by atoms with Crippen molar-refractivity contribution in [2.45, 2.75) is 6.92 Å². The number of terminal acetylenes is 1. The van der Waals surface area contributed by atoms with Crippen LogP contribution in [0.5, 0.6) is 5.75 Å². The molecule has 20 heavy (non-hydrogen) atoms. The van der Waals surface area contributed by atoms with Crippen molar-refractivity contribution in [3.63, 3.8) is 0 Å². The van der Waals surface area contributed by atoms with Gasteiger partial charge in [-0.2, -0.15) is 0 Å². The molecule has 1 aliphatic heterocycles. The lowest BCUT2D eigenvalue weighted by molar-refractivity contribution is -0.122. The van der Waals surface area contributed by atoms with Crippen molar-refractivity contribution < 1.29 is 14.3 Å². The van der Waals surface area contributed by atoms with E-state index in [1.54, 1.807) is 37.3 Å². The van der Waals surface area contributed by atoms with Crippen LogP contribution in [-0.2, 0) is 4.79 Å². The zero-order valence-corrected chi connectivity index (χ0v) is 11.1. The Morgan fingerprint density at radius 2 is 2.05 bits per heavy atom. The van der Waals surface area contributed by atoms with Gasteiger partial charge in [0.05, 0.1) is 0 Å². The molecule has 0 spiro atoms. The molecule has 5 nitrogen and oxygen atoms in total. The number of nitrogens with zero attached hydrogens (tertiary/aromatic N) is 1. The van der Waals surface area contributed by atoms with Crippen LogP contribution in [0, 0.1) is 12.3 Å². The van der Waals surface area contributed by atoms with E-state index in [2.05, 4.69) is 11.2 Å². The third-order valence-electron chi connectivity index (χ3n) is 2.79. The van der Waals surface area contributed by atoms with E-state index in [1.807, 2.05) is 0 Å². The van der Waals surface area contributed by atoms with Crippen LogP contribution in [0.1, 0.15) is 12.5 Å². The first-order chi connectivity index (χ1) is 9.65. The fraction of sp³-hybridized carbons (Fsp3) is 0.200. The largest absolute Gasteiger partial charge is 0.481 e. The smallest absolute Gasteiger partial charge is 0.328 e. The van der Waals surface area contributed by atoms with Gasteiger partial charge in [0.15, 0.2) is 0 Å². The number of likely N-dealkylation sites (N-methyl/N-ethyl adjacent to an activating group) is 1. The number of nitrogens with one attached hydrogen (secondary N) is 1. The Bertz CT molecular complexity index is 597. The van der Waals surface area contributed by atoms with Crippen LogP contribution in [0.2, 0.25) is 0 Å². The van der Waals surface area contributed by atoms with Gasteiger partial charge in [-0.3, -0.25) is 9.69 Å². The Balaban J connectivity index is 2.14. The highest BCUT2D eigenvalue weighted by Gasteiger charge is 2.31. The first-order valence-electron chi connectivity index (χ1n) is 6.16. The second-order valence-electron chi connectivity index (χ2n) is 4.10. The molecule has 0 saturated carbocycles. The number of rotatable bonds is 4. The van der Waals surface area contributed by atoms with Crippen molar-refractivity contribution in [2.75, 3.05) is 13.2 Å². The Morgan fingerprint density at radius 3 is 2.60 bits per heavy atom. The Morgan fingerprint density at radius 1 is 1.35 bits per heavy atom. The lowest BCUT2D eigenvalue weighted by atomic mass is 10.2. The standard InChI is InChI=1S/C15H14N2O3/c1-3-9-20-12-7-5-11(6-8-12)10-13-14(18)17(4-2)15(19)16-13/h1,5-8,10H,4,9H2,2H3,(H,16,19)/b13-10+. The van der Waals surface area contributed by atoms with E-state index in [0.29, 0.717) is 12.3 Å². The maximum absolute atomic E-state index is 11.9. The predicted octanol–water partition coefficient (Wildman–Crippen LogP) is 1.61. The number of hydrogen-bond donors (Lipinski definition) is 1. The number of urea groups is 1. The van der Waals surface area contributed by atoms with E-state index in [0.717, 1.165) is 10.5 Å². The van der Waals surface area contributed by atoms with Gasteiger partial charge in [-0.05, 0) is 30.7 Å². The second kappa shape index (κ2) is 5.93. The van der Waals surface area contributed by atoms with E-state index < -0.39 is 6.03 Å². The van der Waals surface area contributed by atoms with E-state index in [1.165, 1.54) is 0 Å². The minimum absolute atomic E-state index is 0.209. The van der Waals surface area contributed by atoms with Crippen LogP contribution >= 0.6 is 0 Å². The molecule has 0 aliphatic carbocycles. The Labute approximate surface area is 117 Å². The van der Waals surface area contributed by atoms with Gasteiger partial charge in [-0.15, -0.1) is 6.42 Å². The molecule has 0 aromatic heterocycles. The Kier molecular flexibility index (Phi) is 4.06. The first kappa shape index (κ1) is 13.7. The molecule has 1 heterocycles. The third-order valence-corrected chi connectivity index (χ3v) is 2.79. The summed E-state index contributed by atoms with van der Waals surface area (Å²) in [5.41, 5.74) is 1.06. The molecule has 0 atom stereocenters. The molecule has 0 unspecified atom stereocenters. The fourth-order valence-electron chi connectivity index (χ4n) is 1.81. The number of carbonyl (C=O) groups excluding carboxylic acids is 2. The number of benzene rings is 1. The quantitative estimate of drug-likeness (QED) is 0.514. The van der Waals surface area contributed by atoms with Gasteiger partial charge in [0.2, 0.25) is 0 Å². The summed E-state index contributed by atoms with van der Waals surface area (Å²) in [6, 6.07) is 6.68. The summed E-state index contributed by atoms with van der Waals surface area (Å²) in [6.45, 7) is 2.30. The van der Waals surface area contributed by atoms with Gasteiger partial charge in [-0.25, -0.2) is 4.79 Å². The van der Waals surface area contributed by atoms with Crippen LogP contribution < -0.4 is 10.1 Å². The lowest BCUT2D eigenvalue weighted by Crippen LogP contribution is -2.30. The summed E-state index contributed by atoms with van der Waals surface area (Å²) in [5, 5.41) is 2.54. The summed E-state index contributed by atoms with van der Waals surface area (Å²) in [7, 11) is 0. The molecule has 1 N–H and O–H groups in total. The average molecular weight is 270 g/mol. The van der Waals surface area contributed by atoms with Crippen molar-refractivity contribution in [2.24, 2.45) is 0 Å². The number of hydrogen-bond acceptors (Lipinski definition) is 3. The topological polar surface area (TPSA) is 58.6 Å². The number of imide groups is 1. The summed E-state index contributed by atoms with van der Waals surface area (Å²) < 4.78 is 5.25. The average Bonchev–Trinajstić information content (AvgIpc) is 2.72. The summed E-state index contributed by atoms with van der Waals surface area (Å²) >= 11 is 0. The molecular weight excluding hydrogens is 256 g/mol. The molecule has 1 aliphatic rings. The SMILES string of the molecule is C#CCOc1ccc(/C=C2/NC(=O)N(CC)C2=O)cc1. The van der Waals surface area contributed by atoms with Gasteiger partial charge in [0.25, 0.3) is 5.91 Å². The lowest BCUT2D eigenvalue weighted by Gasteiger charge is -2.06. The highest BCUT2D eigenvalue weighted by atomic mass is 16.5. The zero-order valence-electron chi connectivity index (χ0n) is 11.1. The molecule has 1 aromatic rings. The number of carbonyl (C=O) groups is 2. The summed E-state index contributed by atoms with van der Waals surface area (Å²) in [5.74, 6) is 2.72.